The van der Waals surface area contributed by atoms with Gasteiger partial charge in [0.25, 0.3) is 11.8 Å². The summed E-state index contributed by atoms with van der Waals surface area (Å²) in [5, 5.41) is 1.44. The van der Waals surface area contributed by atoms with Crippen LogP contribution in [0.4, 0.5) is 10.1 Å². The standard InChI is InChI=1S/C26H21ClFN3O4/c1-14-7-9-15(10-8-14)24(32)31-23-21(22(29-31)17-5-3-4-6-18(17)28)25(33)30(26(23)34)19-13-16(27)11-12-20(19)35-2/h3-13,21-23,29H,1-2H3/t21-,22-,23-/m1/s1. The lowest BCUT2D eigenvalue weighted by Gasteiger charge is -2.26. The van der Waals surface area contributed by atoms with Crippen LogP contribution in [0.25, 0.3) is 0 Å². The van der Waals surface area contributed by atoms with Crippen LogP contribution in [0.15, 0.2) is 66.7 Å². The number of benzene rings is 3. The normalized spacial score (nSPS) is 21.4. The lowest BCUT2D eigenvalue weighted by molar-refractivity contribution is -0.123. The van der Waals surface area contributed by atoms with Gasteiger partial charge in [-0.25, -0.2) is 14.7 Å². The number of hydrogen-bond acceptors (Lipinski definition) is 5. The monoisotopic (exact) mass is 493 g/mol. The number of carbonyl (C=O) groups excluding carboxylic acids is 3. The van der Waals surface area contributed by atoms with Crippen molar-refractivity contribution >= 4 is 35.0 Å². The summed E-state index contributed by atoms with van der Waals surface area (Å²) in [5.74, 6) is -3.06. The molecule has 5 rings (SSSR count). The molecule has 7 nitrogen and oxygen atoms in total. The van der Waals surface area contributed by atoms with Gasteiger partial charge in [0.05, 0.1) is 24.8 Å². The number of halogens is 2. The summed E-state index contributed by atoms with van der Waals surface area (Å²) in [5.41, 5.74) is 4.59. The Morgan fingerprint density at radius 2 is 1.74 bits per heavy atom. The zero-order valence-corrected chi connectivity index (χ0v) is 19.6. The van der Waals surface area contributed by atoms with Crippen molar-refractivity contribution in [1.82, 2.24) is 10.4 Å². The summed E-state index contributed by atoms with van der Waals surface area (Å²) in [6, 6.07) is 15.3. The summed E-state index contributed by atoms with van der Waals surface area (Å²) in [6.07, 6.45) is 0. The third-order valence-electron chi connectivity index (χ3n) is 6.37. The van der Waals surface area contributed by atoms with E-state index in [2.05, 4.69) is 5.43 Å². The number of hydrogen-bond donors (Lipinski definition) is 1. The molecule has 0 aromatic heterocycles. The number of anilines is 1. The molecule has 3 atom stereocenters. The van der Waals surface area contributed by atoms with Gasteiger partial charge in [-0.2, -0.15) is 0 Å². The molecule has 0 aliphatic carbocycles. The van der Waals surface area contributed by atoms with Crippen molar-refractivity contribution in [3.05, 3.63) is 94.3 Å². The van der Waals surface area contributed by atoms with Gasteiger partial charge in [0, 0.05) is 16.1 Å². The first-order chi connectivity index (χ1) is 16.8. The van der Waals surface area contributed by atoms with E-state index < -0.39 is 41.5 Å². The Bertz CT molecular complexity index is 1350. The molecule has 2 saturated heterocycles. The Morgan fingerprint density at radius 3 is 2.43 bits per heavy atom. The maximum absolute atomic E-state index is 14.8. The first-order valence-electron chi connectivity index (χ1n) is 10.9. The van der Waals surface area contributed by atoms with Crippen molar-refractivity contribution in [3.63, 3.8) is 0 Å². The molecular weight excluding hydrogens is 473 g/mol. The molecule has 3 aromatic carbocycles. The van der Waals surface area contributed by atoms with Crippen molar-refractivity contribution in [2.45, 2.75) is 19.0 Å². The minimum absolute atomic E-state index is 0.166. The number of carbonyl (C=O) groups is 3. The maximum Gasteiger partial charge on any atom is 0.268 e. The largest absolute Gasteiger partial charge is 0.495 e. The average Bonchev–Trinajstić information content (AvgIpc) is 3.36. The maximum atomic E-state index is 14.8. The van der Waals surface area contributed by atoms with Crippen LogP contribution >= 0.6 is 11.6 Å². The number of rotatable bonds is 4. The van der Waals surface area contributed by atoms with Crippen molar-refractivity contribution in [2.24, 2.45) is 5.92 Å². The Kier molecular flexibility index (Phi) is 5.78. The highest BCUT2D eigenvalue weighted by molar-refractivity contribution is 6.32. The number of amides is 3. The third-order valence-corrected chi connectivity index (χ3v) is 6.61. The molecule has 0 saturated carbocycles. The molecular formula is C26H21ClFN3O4. The molecule has 35 heavy (non-hydrogen) atoms. The number of aryl methyl sites for hydroxylation is 1. The van der Waals surface area contributed by atoms with Crippen LogP contribution < -0.4 is 15.1 Å². The quantitative estimate of drug-likeness (QED) is 0.555. The third kappa shape index (κ3) is 3.75. The molecule has 0 radical (unpaired) electrons. The van der Waals surface area contributed by atoms with E-state index in [-0.39, 0.29) is 17.0 Å². The number of nitrogens with zero attached hydrogens (tertiary/aromatic N) is 2. The minimum atomic E-state index is -1.19. The number of ether oxygens (including phenoxy) is 1. The second-order valence-corrected chi connectivity index (χ2v) is 8.90. The van der Waals surface area contributed by atoms with Gasteiger partial charge in [-0.05, 0) is 43.3 Å². The molecule has 0 spiro atoms. The molecule has 3 amide bonds. The second-order valence-electron chi connectivity index (χ2n) is 8.47. The average molecular weight is 494 g/mol. The molecule has 2 heterocycles. The number of hydrazine groups is 1. The van der Waals surface area contributed by atoms with E-state index in [1.54, 1.807) is 42.5 Å². The van der Waals surface area contributed by atoms with Gasteiger partial charge in [-0.1, -0.05) is 47.5 Å². The van der Waals surface area contributed by atoms with Crippen LogP contribution in [-0.2, 0) is 9.59 Å². The highest BCUT2D eigenvalue weighted by Crippen LogP contribution is 2.45. The second kappa shape index (κ2) is 8.79. The van der Waals surface area contributed by atoms with Gasteiger partial charge in [0.1, 0.15) is 17.6 Å². The van der Waals surface area contributed by atoms with Gasteiger partial charge >= 0.3 is 0 Å². The van der Waals surface area contributed by atoms with E-state index in [4.69, 9.17) is 16.3 Å². The van der Waals surface area contributed by atoms with Gasteiger partial charge in [0.2, 0.25) is 5.91 Å². The van der Waals surface area contributed by atoms with E-state index in [1.165, 1.54) is 31.4 Å². The predicted molar refractivity (Wildman–Crippen MR) is 127 cm³/mol. The van der Waals surface area contributed by atoms with E-state index in [1.807, 2.05) is 6.92 Å². The van der Waals surface area contributed by atoms with Gasteiger partial charge in [-0.15, -0.1) is 0 Å². The summed E-state index contributed by atoms with van der Waals surface area (Å²) in [7, 11) is 1.41. The van der Waals surface area contributed by atoms with Crippen molar-refractivity contribution in [1.29, 1.82) is 0 Å². The molecule has 178 valence electrons. The minimum Gasteiger partial charge on any atom is -0.495 e. The lowest BCUT2D eigenvalue weighted by atomic mass is 9.90. The Hall–Kier alpha value is -3.75. The molecule has 0 bridgehead atoms. The zero-order valence-electron chi connectivity index (χ0n) is 18.9. The van der Waals surface area contributed by atoms with Gasteiger partial charge < -0.3 is 4.74 Å². The first kappa shape index (κ1) is 23.0. The van der Waals surface area contributed by atoms with Crippen molar-refractivity contribution in [3.8, 4) is 5.75 Å². The Labute approximate surface area is 206 Å². The van der Waals surface area contributed by atoms with E-state index in [0.29, 0.717) is 10.6 Å². The summed E-state index contributed by atoms with van der Waals surface area (Å²) < 4.78 is 20.2. The molecule has 2 aliphatic rings. The van der Waals surface area contributed by atoms with Crippen LogP contribution in [0.2, 0.25) is 5.02 Å². The molecule has 3 aromatic rings. The molecule has 9 heteroatoms. The van der Waals surface area contributed by atoms with Crippen LogP contribution in [-0.4, -0.2) is 35.9 Å². The number of fused-ring (bicyclic) bond motifs is 1. The fourth-order valence-corrected chi connectivity index (χ4v) is 4.84. The molecule has 2 fully saturated rings. The SMILES string of the molecule is COc1ccc(Cl)cc1N1C(=O)[C@@H]2[C@@H](c3ccccc3F)NN(C(=O)c3ccc(C)cc3)[C@H]2C1=O. The highest BCUT2D eigenvalue weighted by atomic mass is 35.5. The van der Waals surface area contributed by atoms with Crippen LogP contribution in [0.1, 0.15) is 27.5 Å². The van der Waals surface area contributed by atoms with Crippen LogP contribution in [0.3, 0.4) is 0 Å². The molecule has 0 unspecified atom stereocenters. The van der Waals surface area contributed by atoms with Gasteiger partial charge in [-0.3, -0.25) is 19.4 Å². The van der Waals surface area contributed by atoms with Gasteiger partial charge in [0.15, 0.2) is 0 Å². The topological polar surface area (TPSA) is 79.0 Å². The van der Waals surface area contributed by atoms with Crippen molar-refractivity contribution < 1.29 is 23.5 Å². The Morgan fingerprint density at radius 1 is 1.03 bits per heavy atom. The summed E-state index contributed by atoms with van der Waals surface area (Å²) in [4.78, 5) is 41.9. The fraction of sp³-hybridized carbons (Fsp3) is 0.192. The number of nitrogens with one attached hydrogen (secondary N) is 1. The number of imide groups is 1. The molecule has 2 aliphatic heterocycles. The fourth-order valence-electron chi connectivity index (χ4n) is 4.67. The first-order valence-corrected chi connectivity index (χ1v) is 11.3. The molecule has 1 N–H and O–H groups in total. The number of methoxy groups -OCH3 is 1. The van der Waals surface area contributed by atoms with Crippen LogP contribution in [0, 0.1) is 18.7 Å². The lowest BCUT2D eigenvalue weighted by Crippen LogP contribution is -2.48. The highest BCUT2D eigenvalue weighted by Gasteiger charge is 2.61. The van der Waals surface area contributed by atoms with E-state index in [9.17, 15) is 18.8 Å². The van der Waals surface area contributed by atoms with E-state index in [0.717, 1.165) is 15.5 Å². The van der Waals surface area contributed by atoms with E-state index >= 15 is 0 Å². The van der Waals surface area contributed by atoms with Crippen LogP contribution in [0.5, 0.6) is 5.75 Å². The smallest absolute Gasteiger partial charge is 0.268 e. The summed E-state index contributed by atoms with van der Waals surface area (Å²) >= 11 is 6.15. The predicted octanol–water partition coefficient (Wildman–Crippen LogP) is 4.06. The zero-order chi connectivity index (χ0) is 24.9. The Balaban J connectivity index is 1.62. The summed E-state index contributed by atoms with van der Waals surface area (Å²) in [6.45, 7) is 1.89. The van der Waals surface area contributed by atoms with Crippen molar-refractivity contribution in [2.75, 3.05) is 12.0 Å².